The zero-order chi connectivity index (χ0) is 23.0. The van der Waals surface area contributed by atoms with Gasteiger partial charge in [-0.2, -0.15) is 0 Å². The van der Waals surface area contributed by atoms with Crippen molar-refractivity contribution in [3.8, 4) is 0 Å². The van der Waals surface area contributed by atoms with E-state index in [1.165, 1.54) is 0 Å². The molecule has 4 aliphatic rings. The lowest BCUT2D eigenvalue weighted by Crippen LogP contribution is -2.42. The molecule has 0 radical (unpaired) electrons. The average Bonchev–Trinajstić information content (AvgIpc) is 2.85. The molecular weight excluding hydrogens is 420 g/mol. The van der Waals surface area contributed by atoms with Crippen LogP contribution in [0.5, 0.6) is 0 Å². The molecule has 33 heavy (non-hydrogen) atoms. The Bertz CT molecular complexity index is 686. The van der Waals surface area contributed by atoms with Crippen LogP contribution in [0.3, 0.4) is 0 Å². The summed E-state index contributed by atoms with van der Waals surface area (Å²) < 4.78 is 17.6. The van der Waals surface area contributed by atoms with E-state index in [1.54, 1.807) is 0 Å². The first-order valence-electron chi connectivity index (χ1n) is 12.6. The molecule has 0 aromatic rings. The fraction of sp³-hybridized carbons (Fsp3) is 0.667. The number of rotatable bonds is 6. The van der Waals surface area contributed by atoms with E-state index in [2.05, 4.69) is 18.2 Å². The van der Waals surface area contributed by atoms with Crippen LogP contribution in [0.4, 0.5) is 0 Å². The van der Waals surface area contributed by atoms with Crippen molar-refractivity contribution in [2.24, 2.45) is 17.8 Å². The highest BCUT2D eigenvalue weighted by Crippen LogP contribution is 2.31. The quantitative estimate of drug-likeness (QED) is 0.319. The van der Waals surface area contributed by atoms with E-state index in [-0.39, 0.29) is 35.7 Å². The van der Waals surface area contributed by atoms with Gasteiger partial charge in [0, 0.05) is 19.3 Å². The maximum absolute atomic E-state index is 12.7. The second-order valence-corrected chi connectivity index (χ2v) is 9.83. The molecule has 0 saturated heterocycles. The van der Waals surface area contributed by atoms with E-state index in [0.717, 1.165) is 38.5 Å². The van der Waals surface area contributed by atoms with Gasteiger partial charge in [0.25, 0.3) is 0 Å². The third-order valence-electron chi connectivity index (χ3n) is 7.23. The highest BCUT2D eigenvalue weighted by molar-refractivity contribution is 5.74. The molecule has 0 N–H and O–H groups in total. The molecule has 0 aromatic heterocycles. The summed E-state index contributed by atoms with van der Waals surface area (Å²) in [6.45, 7) is 0. The highest BCUT2D eigenvalue weighted by atomic mass is 16.6. The van der Waals surface area contributed by atoms with Gasteiger partial charge in [-0.1, -0.05) is 36.5 Å². The average molecular weight is 457 g/mol. The van der Waals surface area contributed by atoms with Crippen LogP contribution in [-0.2, 0) is 28.6 Å². The van der Waals surface area contributed by atoms with E-state index in [1.807, 2.05) is 18.2 Å². The predicted molar refractivity (Wildman–Crippen MR) is 123 cm³/mol. The summed E-state index contributed by atoms with van der Waals surface area (Å²) in [6.07, 6.45) is 19.7. The first-order valence-corrected chi connectivity index (χ1v) is 12.6. The Morgan fingerprint density at radius 3 is 1.03 bits per heavy atom. The zero-order valence-electron chi connectivity index (χ0n) is 19.4. The van der Waals surface area contributed by atoms with E-state index >= 15 is 0 Å². The van der Waals surface area contributed by atoms with Gasteiger partial charge in [-0.05, 0) is 57.8 Å². The first kappa shape index (κ1) is 23.8. The van der Waals surface area contributed by atoms with E-state index < -0.39 is 18.3 Å². The normalized spacial score (nSPS) is 33.8. The van der Waals surface area contributed by atoms with Crippen LogP contribution in [0, 0.1) is 17.8 Å². The minimum Gasteiger partial charge on any atom is -0.462 e. The van der Waals surface area contributed by atoms with Gasteiger partial charge < -0.3 is 14.2 Å². The third kappa shape index (κ3) is 6.81. The summed E-state index contributed by atoms with van der Waals surface area (Å²) >= 11 is 0. The number of esters is 3. The largest absolute Gasteiger partial charge is 0.462 e. The van der Waals surface area contributed by atoms with E-state index in [9.17, 15) is 14.4 Å². The minimum absolute atomic E-state index is 0.123. The topological polar surface area (TPSA) is 78.9 Å². The molecule has 4 aliphatic carbocycles. The molecule has 0 aromatic carbocycles. The minimum atomic E-state index is -0.412. The monoisotopic (exact) mass is 456 g/mol. The van der Waals surface area contributed by atoms with Crippen molar-refractivity contribution < 1.29 is 28.6 Å². The lowest BCUT2D eigenvalue weighted by Gasteiger charge is -2.35. The fourth-order valence-electron chi connectivity index (χ4n) is 5.26. The summed E-state index contributed by atoms with van der Waals surface area (Å²) in [7, 11) is 0. The Morgan fingerprint density at radius 1 is 0.485 bits per heavy atom. The number of ether oxygens (including phenoxy) is 3. The molecule has 6 heteroatoms. The van der Waals surface area contributed by atoms with Crippen LogP contribution >= 0.6 is 0 Å². The summed E-state index contributed by atoms with van der Waals surface area (Å²) in [6, 6.07) is 0. The first-order chi connectivity index (χ1) is 16.1. The predicted octanol–water partition coefficient (Wildman–Crippen LogP) is 4.97. The number of carbonyl (C=O) groups excluding carboxylic acids is 3. The highest BCUT2D eigenvalue weighted by Gasteiger charge is 2.38. The molecule has 180 valence electrons. The molecule has 0 amide bonds. The molecule has 4 rings (SSSR count). The molecule has 1 saturated carbocycles. The summed E-state index contributed by atoms with van der Waals surface area (Å²) in [4.78, 5) is 38.2. The second-order valence-electron chi connectivity index (χ2n) is 9.83. The van der Waals surface area contributed by atoms with Crippen LogP contribution in [0.25, 0.3) is 0 Å². The smallest absolute Gasteiger partial charge is 0.309 e. The lowest BCUT2D eigenvalue weighted by atomic mass is 9.90. The Labute approximate surface area is 196 Å². The van der Waals surface area contributed by atoms with Gasteiger partial charge in [-0.25, -0.2) is 0 Å². The molecule has 3 atom stereocenters. The fourth-order valence-corrected chi connectivity index (χ4v) is 5.26. The lowest BCUT2D eigenvalue weighted by molar-refractivity contribution is -0.175. The third-order valence-corrected chi connectivity index (χ3v) is 7.23. The zero-order valence-corrected chi connectivity index (χ0v) is 19.4. The Morgan fingerprint density at radius 2 is 0.788 bits per heavy atom. The molecule has 0 spiro atoms. The molecule has 6 nitrogen and oxygen atoms in total. The van der Waals surface area contributed by atoms with Gasteiger partial charge in [-0.3, -0.25) is 14.4 Å². The Hall–Kier alpha value is -2.37. The van der Waals surface area contributed by atoms with Crippen LogP contribution < -0.4 is 0 Å². The SMILES string of the molecule is O=C(OC1CC(OC(=O)C2CC=CCC2)CC(OC(=O)C2CC=CCC2)C1)C1CC=CCC1. The van der Waals surface area contributed by atoms with Gasteiger partial charge >= 0.3 is 17.9 Å². The van der Waals surface area contributed by atoms with Crippen molar-refractivity contribution in [2.45, 2.75) is 95.4 Å². The Kier molecular flexibility index (Phi) is 8.40. The number of hydrogen-bond acceptors (Lipinski definition) is 6. The molecule has 1 fully saturated rings. The van der Waals surface area contributed by atoms with Crippen molar-refractivity contribution in [3.63, 3.8) is 0 Å². The number of allylic oxidation sites excluding steroid dienone is 6. The van der Waals surface area contributed by atoms with E-state index in [0.29, 0.717) is 38.5 Å². The van der Waals surface area contributed by atoms with Gasteiger partial charge in [0.1, 0.15) is 18.3 Å². The van der Waals surface area contributed by atoms with Crippen molar-refractivity contribution in [1.82, 2.24) is 0 Å². The van der Waals surface area contributed by atoms with Crippen molar-refractivity contribution in [1.29, 1.82) is 0 Å². The Balaban J connectivity index is 1.38. The summed E-state index contributed by atoms with van der Waals surface area (Å²) in [5.41, 5.74) is 0. The number of hydrogen-bond donors (Lipinski definition) is 0. The van der Waals surface area contributed by atoms with Crippen molar-refractivity contribution in [2.75, 3.05) is 0 Å². The van der Waals surface area contributed by atoms with Crippen LogP contribution in [0.1, 0.15) is 77.0 Å². The second kappa shape index (κ2) is 11.7. The maximum atomic E-state index is 12.7. The van der Waals surface area contributed by atoms with Crippen molar-refractivity contribution >= 4 is 17.9 Å². The van der Waals surface area contributed by atoms with E-state index in [4.69, 9.17) is 14.2 Å². The van der Waals surface area contributed by atoms with Gasteiger partial charge in [0.15, 0.2) is 0 Å². The van der Waals surface area contributed by atoms with Crippen molar-refractivity contribution in [3.05, 3.63) is 36.5 Å². The van der Waals surface area contributed by atoms with Gasteiger partial charge in [0.05, 0.1) is 17.8 Å². The molecule has 3 unspecified atom stereocenters. The molecule has 0 bridgehead atoms. The van der Waals surface area contributed by atoms with Gasteiger partial charge in [-0.15, -0.1) is 0 Å². The standard InChI is InChI=1S/C27H36O6/c28-25(19-10-4-1-5-11-19)31-22-16-23(32-26(29)20-12-6-2-7-13-20)18-24(17-22)33-27(30)21-14-8-3-9-15-21/h1-4,6,8,19-24H,5,7,9-18H2. The van der Waals surface area contributed by atoms with Crippen LogP contribution in [-0.4, -0.2) is 36.2 Å². The maximum Gasteiger partial charge on any atom is 0.309 e. The summed E-state index contributed by atoms with van der Waals surface area (Å²) in [5.74, 6) is -0.963. The number of carbonyl (C=O) groups is 3. The molecule has 0 aliphatic heterocycles. The summed E-state index contributed by atoms with van der Waals surface area (Å²) in [5, 5.41) is 0. The molecule has 0 heterocycles. The van der Waals surface area contributed by atoms with Gasteiger partial charge in [0.2, 0.25) is 0 Å². The molecular formula is C27H36O6. The van der Waals surface area contributed by atoms with Crippen LogP contribution in [0.15, 0.2) is 36.5 Å². The van der Waals surface area contributed by atoms with Crippen LogP contribution in [0.2, 0.25) is 0 Å².